The molecule has 0 radical (unpaired) electrons. The highest BCUT2D eigenvalue weighted by molar-refractivity contribution is 7.95. The molecule has 0 saturated heterocycles. The van der Waals surface area contributed by atoms with Crippen LogP contribution < -0.4 is 8.92 Å². The van der Waals surface area contributed by atoms with Crippen LogP contribution >= 0.6 is 12.0 Å². The van der Waals surface area contributed by atoms with Gasteiger partial charge in [0, 0.05) is 4.90 Å². The predicted octanol–water partition coefficient (Wildman–Crippen LogP) is 4.09. The Hall–Kier alpha value is -1.61. The first-order valence-electron chi connectivity index (χ1n) is 5.34. The van der Waals surface area contributed by atoms with Crippen LogP contribution in [0.2, 0.25) is 0 Å². The maximum atomic E-state index is 5.65. The van der Waals surface area contributed by atoms with Gasteiger partial charge in [0.25, 0.3) is 0 Å². The van der Waals surface area contributed by atoms with Crippen molar-refractivity contribution in [2.75, 3.05) is 7.11 Å². The maximum Gasteiger partial charge on any atom is 0.179 e. The Morgan fingerprint density at radius 1 is 0.882 bits per heavy atom. The van der Waals surface area contributed by atoms with Crippen LogP contribution in [0.4, 0.5) is 0 Å². The van der Waals surface area contributed by atoms with E-state index in [0.29, 0.717) is 0 Å². The molecule has 2 aromatic carbocycles. The Balaban J connectivity index is 2.04. The van der Waals surface area contributed by atoms with Gasteiger partial charge in [0.15, 0.2) is 11.5 Å². The zero-order valence-electron chi connectivity index (χ0n) is 9.84. The lowest BCUT2D eigenvalue weighted by Gasteiger charge is -2.08. The minimum atomic E-state index is 0.737. The molecule has 0 amide bonds. The van der Waals surface area contributed by atoms with Crippen molar-refractivity contribution in [3.05, 3.63) is 54.1 Å². The summed E-state index contributed by atoms with van der Waals surface area (Å²) in [5.41, 5.74) is 1.24. The van der Waals surface area contributed by atoms with Gasteiger partial charge in [0.05, 0.1) is 19.2 Å². The molecule has 0 aliphatic carbocycles. The summed E-state index contributed by atoms with van der Waals surface area (Å²) in [6, 6.07) is 15.8. The van der Waals surface area contributed by atoms with Gasteiger partial charge in [-0.05, 0) is 31.2 Å². The molecule has 2 aromatic rings. The first-order chi connectivity index (χ1) is 8.29. The van der Waals surface area contributed by atoms with Crippen LogP contribution in [0.15, 0.2) is 53.4 Å². The first-order valence-corrected chi connectivity index (χ1v) is 6.08. The van der Waals surface area contributed by atoms with Crippen molar-refractivity contribution in [2.45, 2.75) is 11.8 Å². The Bertz CT molecular complexity index is 480. The molecule has 0 aliphatic rings. The van der Waals surface area contributed by atoms with Crippen LogP contribution in [-0.4, -0.2) is 7.11 Å². The van der Waals surface area contributed by atoms with Gasteiger partial charge in [0.1, 0.15) is 0 Å². The number of aryl methyl sites for hydroxylation is 1. The number of hydrogen-bond donors (Lipinski definition) is 0. The number of methoxy groups -OCH3 is 1. The molecular formula is C14H14O2S. The molecule has 0 heterocycles. The highest BCUT2D eigenvalue weighted by atomic mass is 32.2. The molecule has 2 rings (SSSR count). The fourth-order valence-corrected chi connectivity index (χ4v) is 1.95. The van der Waals surface area contributed by atoms with E-state index in [2.05, 4.69) is 19.1 Å². The molecule has 88 valence electrons. The summed E-state index contributed by atoms with van der Waals surface area (Å²) in [6.45, 7) is 2.07. The Morgan fingerprint density at radius 2 is 1.53 bits per heavy atom. The molecule has 0 N–H and O–H groups in total. The smallest absolute Gasteiger partial charge is 0.179 e. The standard InChI is InChI=1S/C14H14O2S/c1-11-7-9-12(10-8-11)17-16-14-6-4-3-5-13(14)15-2/h3-10H,1-2H3. The molecule has 0 fully saturated rings. The Kier molecular flexibility index (Phi) is 3.94. The monoisotopic (exact) mass is 246 g/mol. The van der Waals surface area contributed by atoms with E-state index in [1.165, 1.54) is 17.6 Å². The fraction of sp³-hybridized carbons (Fsp3) is 0.143. The van der Waals surface area contributed by atoms with Gasteiger partial charge in [0.2, 0.25) is 0 Å². The molecule has 0 aromatic heterocycles. The summed E-state index contributed by atoms with van der Waals surface area (Å²) in [4.78, 5) is 1.07. The van der Waals surface area contributed by atoms with Gasteiger partial charge in [-0.15, -0.1) is 0 Å². The lowest BCUT2D eigenvalue weighted by molar-refractivity contribution is 0.399. The summed E-state index contributed by atoms with van der Waals surface area (Å²) in [7, 11) is 1.64. The van der Waals surface area contributed by atoms with Crippen LogP contribution in [0.1, 0.15) is 5.56 Å². The second kappa shape index (κ2) is 5.64. The normalized spacial score (nSPS) is 10.0. The lowest BCUT2D eigenvalue weighted by Crippen LogP contribution is -1.88. The van der Waals surface area contributed by atoms with E-state index in [1.807, 2.05) is 36.4 Å². The van der Waals surface area contributed by atoms with E-state index < -0.39 is 0 Å². The highest BCUT2D eigenvalue weighted by Gasteiger charge is 2.03. The van der Waals surface area contributed by atoms with E-state index in [-0.39, 0.29) is 0 Å². The second-order valence-corrected chi connectivity index (χ2v) is 4.44. The Morgan fingerprint density at radius 3 is 2.18 bits per heavy atom. The van der Waals surface area contributed by atoms with Crippen LogP contribution in [0, 0.1) is 6.92 Å². The van der Waals surface area contributed by atoms with E-state index in [9.17, 15) is 0 Å². The lowest BCUT2D eigenvalue weighted by atomic mass is 10.2. The average Bonchev–Trinajstić information content (AvgIpc) is 2.38. The topological polar surface area (TPSA) is 18.5 Å². The number of benzene rings is 2. The first kappa shape index (κ1) is 11.9. The van der Waals surface area contributed by atoms with E-state index in [0.717, 1.165) is 16.4 Å². The van der Waals surface area contributed by atoms with Crippen molar-refractivity contribution in [1.82, 2.24) is 0 Å². The van der Waals surface area contributed by atoms with Crippen molar-refractivity contribution < 1.29 is 8.92 Å². The van der Waals surface area contributed by atoms with Crippen LogP contribution in [0.5, 0.6) is 11.5 Å². The summed E-state index contributed by atoms with van der Waals surface area (Å²) in [6.07, 6.45) is 0. The molecule has 0 spiro atoms. The van der Waals surface area contributed by atoms with Crippen molar-refractivity contribution in [1.29, 1.82) is 0 Å². The van der Waals surface area contributed by atoms with Crippen LogP contribution in [0.25, 0.3) is 0 Å². The molecule has 17 heavy (non-hydrogen) atoms. The zero-order valence-corrected chi connectivity index (χ0v) is 10.7. The molecule has 2 nitrogen and oxygen atoms in total. The molecule has 0 saturated carbocycles. The minimum Gasteiger partial charge on any atom is -0.493 e. The molecule has 0 atom stereocenters. The SMILES string of the molecule is COc1ccccc1OSc1ccc(C)cc1. The number of hydrogen-bond acceptors (Lipinski definition) is 3. The molecule has 0 bridgehead atoms. The van der Waals surface area contributed by atoms with Crippen molar-refractivity contribution in [3.63, 3.8) is 0 Å². The third kappa shape index (κ3) is 3.17. The third-order valence-electron chi connectivity index (χ3n) is 2.32. The number of ether oxygens (including phenoxy) is 1. The zero-order chi connectivity index (χ0) is 12.1. The van der Waals surface area contributed by atoms with Gasteiger partial charge in [-0.1, -0.05) is 29.8 Å². The number of rotatable bonds is 4. The average molecular weight is 246 g/mol. The summed E-state index contributed by atoms with van der Waals surface area (Å²) in [5.74, 6) is 1.48. The maximum absolute atomic E-state index is 5.65. The van der Waals surface area contributed by atoms with Crippen molar-refractivity contribution >= 4 is 12.0 Å². The van der Waals surface area contributed by atoms with E-state index in [4.69, 9.17) is 8.92 Å². The Labute approximate surface area is 106 Å². The predicted molar refractivity (Wildman–Crippen MR) is 70.7 cm³/mol. The fourth-order valence-electron chi connectivity index (χ4n) is 1.37. The van der Waals surface area contributed by atoms with Crippen LogP contribution in [-0.2, 0) is 0 Å². The van der Waals surface area contributed by atoms with Gasteiger partial charge >= 0.3 is 0 Å². The van der Waals surface area contributed by atoms with Gasteiger partial charge in [-0.25, -0.2) is 0 Å². The van der Waals surface area contributed by atoms with E-state index in [1.54, 1.807) is 7.11 Å². The van der Waals surface area contributed by atoms with Gasteiger partial charge in [-0.2, -0.15) is 0 Å². The minimum absolute atomic E-state index is 0.737. The van der Waals surface area contributed by atoms with Gasteiger partial charge in [-0.3, -0.25) is 0 Å². The molecule has 3 heteroatoms. The summed E-state index contributed by atoms with van der Waals surface area (Å²) in [5, 5.41) is 0. The summed E-state index contributed by atoms with van der Waals surface area (Å²) < 4.78 is 10.9. The van der Waals surface area contributed by atoms with Crippen molar-refractivity contribution in [3.8, 4) is 11.5 Å². The number of para-hydroxylation sites is 2. The largest absolute Gasteiger partial charge is 0.493 e. The summed E-state index contributed by atoms with van der Waals surface area (Å²) >= 11 is 1.33. The molecular weight excluding hydrogens is 232 g/mol. The second-order valence-electron chi connectivity index (χ2n) is 3.63. The third-order valence-corrected chi connectivity index (χ3v) is 3.05. The van der Waals surface area contributed by atoms with E-state index >= 15 is 0 Å². The molecule has 0 unspecified atom stereocenters. The van der Waals surface area contributed by atoms with Gasteiger partial charge < -0.3 is 8.92 Å². The molecule has 0 aliphatic heterocycles. The highest BCUT2D eigenvalue weighted by Crippen LogP contribution is 2.31. The quantitative estimate of drug-likeness (QED) is 0.757. The van der Waals surface area contributed by atoms with Crippen LogP contribution in [0.3, 0.4) is 0 Å². The van der Waals surface area contributed by atoms with Crippen molar-refractivity contribution in [2.24, 2.45) is 0 Å².